The lowest BCUT2D eigenvalue weighted by Crippen LogP contribution is -2.48. The normalized spacial score (nSPS) is 18.3. The number of amides is 1. The number of piperidine rings is 1. The summed E-state index contributed by atoms with van der Waals surface area (Å²) in [6.07, 6.45) is 5.47. The number of H-pyrrole nitrogens is 1. The zero-order valence-electron chi connectivity index (χ0n) is 17.0. The van der Waals surface area contributed by atoms with Crippen LogP contribution in [0.3, 0.4) is 0 Å². The van der Waals surface area contributed by atoms with Crippen molar-refractivity contribution in [2.24, 2.45) is 0 Å². The third kappa shape index (κ3) is 4.08. The second kappa shape index (κ2) is 7.24. The van der Waals surface area contributed by atoms with Crippen LogP contribution >= 0.6 is 0 Å². The van der Waals surface area contributed by atoms with E-state index < -0.39 is 0 Å². The standard InChI is InChI=1S/C22H26N6O/c1-13-10-15(11-22(3,4)28-13)26-21-23-9-8-18(27-21)17-12-24-20-16(17)6-5-7-19(20)25-14(2)29/h5-9,12,15,24,28H,1,10-11H2,2-4H3,(H,25,29)(H,23,26,27). The van der Waals surface area contributed by atoms with Crippen LogP contribution in [0.25, 0.3) is 22.2 Å². The smallest absolute Gasteiger partial charge is 0.223 e. The molecule has 0 radical (unpaired) electrons. The average molecular weight is 390 g/mol. The molecule has 0 bridgehead atoms. The minimum Gasteiger partial charge on any atom is -0.384 e. The Labute approximate surface area is 170 Å². The van der Waals surface area contributed by atoms with Gasteiger partial charge in [0.1, 0.15) is 0 Å². The molecule has 3 heterocycles. The predicted octanol–water partition coefficient (Wildman–Crippen LogP) is 4.04. The van der Waals surface area contributed by atoms with Crippen LogP contribution in [0.4, 0.5) is 11.6 Å². The predicted molar refractivity (Wildman–Crippen MR) is 117 cm³/mol. The topological polar surface area (TPSA) is 94.7 Å². The number of nitrogens with zero attached hydrogens (tertiary/aromatic N) is 2. The van der Waals surface area contributed by atoms with Crippen LogP contribution in [0.5, 0.6) is 0 Å². The van der Waals surface area contributed by atoms with Crippen LogP contribution in [0.15, 0.2) is 48.9 Å². The Morgan fingerprint density at radius 1 is 1.31 bits per heavy atom. The third-order valence-electron chi connectivity index (χ3n) is 5.06. The van der Waals surface area contributed by atoms with Crippen molar-refractivity contribution in [3.63, 3.8) is 0 Å². The molecule has 4 rings (SSSR count). The van der Waals surface area contributed by atoms with Crippen molar-refractivity contribution in [1.82, 2.24) is 20.3 Å². The molecule has 7 nitrogen and oxygen atoms in total. The fourth-order valence-electron chi connectivity index (χ4n) is 4.09. The number of fused-ring (bicyclic) bond motifs is 1. The molecule has 29 heavy (non-hydrogen) atoms. The van der Waals surface area contributed by atoms with Gasteiger partial charge in [-0.25, -0.2) is 9.97 Å². The highest BCUT2D eigenvalue weighted by atomic mass is 16.1. The molecule has 7 heteroatoms. The molecule has 1 unspecified atom stereocenters. The number of hydrogen-bond acceptors (Lipinski definition) is 5. The Kier molecular flexibility index (Phi) is 4.74. The summed E-state index contributed by atoms with van der Waals surface area (Å²) < 4.78 is 0. The van der Waals surface area contributed by atoms with Gasteiger partial charge >= 0.3 is 0 Å². The van der Waals surface area contributed by atoms with E-state index in [0.29, 0.717) is 5.95 Å². The van der Waals surface area contributed by atoms with Gasteiger partial charge in [-0.1, -0.05) is 18.7 Å². The molecule has 1 saturated heterocycles. The summed E-state index contributed by atoms with van der Waals surface area (Å²) in [5, 5.41) is 10.8. The highest BCUT2D eigenvalue weighted by Gasteiger charge is 2.29. The Morgan fingerprint density at radius 2 is 2.14 bits per heavy atom. The fraction of sp³-hybridized carbons (Fsp3) is 0.318. The van der Waals surface area contributed by atoms with Crippen molar-refractivity contribution in [3.8, 4) is 11.3 Å². The highest BCUT2D eigenvalue weighted by Crippen LogP contribution is 2.32. The lowest BCUT2D eigenvalue weighted by molar-refractivity contribution is -0.114. The van der Waals surface area contributed by atoms with Gasteiger partial charge in [-0.05, 0) is 32.4 Å². The van der Waals surface area contributed by atoms with Gasteiger partial charge in [0, 0.05) is 54.0 Å². The number of aromatic amines is 1. The van der Waals surface area contributed by atoms with Gasteiger partial charge in [-0.15, -0.1) is 0 Å². The first-order valence-corrected chi connectivity index (χ1v) is 9.74. The summed E-state index contributed by atoms with van der Waals surface area (Å²) >= 11 is 0. The molecular weight excluding hydrogens is 364 g/mol. The molecule has 0 saturated carbocycles. The zero-order valence-corrected chi connectivity index (χ0v) is 17.0. The van der Waals surface area contributed by atoms with E-state index >= 15 is 0 Å². The molecule has 1 aliphatic rings. The summed E-state index contributed by atoms with van der Waals surface area (Å²) in [5.41, 5.74) is 4.43. The van der Waals surface area contributed by atoms with Crippen molar-refractivity contribution in [2.75, 3.05) is 10.6 Å². The van der Waals surface area contributed by atoms with E-state index in [4.69, 9.17) is 4.98 Å². The molecule has 4 N–H and O–H groups in total. The van der Waals surface area contributed by atoms with E-state index in [1.807, 2.05) is 30.5 Å². The summed E-state index contributed by atoms with van der Waals surface area (Å²) in [5.74, 6) is 0.499. The molecule has 3 aromatic rings. The van der Waals surface area contributed by atoms with Crippen LogP contribution in [0.1, 0.15) is 33.6 Å². The van der Waals surface area contributed by atoms with Gasteiger partial charge in [-0.3, -0.25) is 4.79 Å². The number of carbonyl (C=O) groups is 1. The second-order valence-corrected chi connectivity index (χ2v) is 8.24. The van der Waals surface area contributed by atoms with Crippen molar-refractivity contribution in [3.05, 3.63) is 48.9 Å². The number of aromatic nitrogens is 3. The van der Waals surface area contributed by atoms with Crippen LogP contribution in [-0.4, -0.2) is 32.4 Å². The van der Waals surface area contributed by atoms with Crippen LogP contribution in [-0.2, 0) is 4.79 Å². The maximum Gasteiger partial charge on any atom is 0.223 e. The fourth-order valence-corrected chi connectivity index (χ4v) is 4.09. The van der Waals surface area contributed by atoms with Crippen molar-refractivity contribution >= 4 is 28.4 Å². The van der Waals surface area contributed by atoms with E-state index in [2.05, 4.69) is 46.3 Å². The molecule has 1 fully saturated rings. The molecule has 1 atom stereocenters. The van der Waals surface area contributed by atoms with Crippen molar-refractivity contribution < 1.29 is 4.79 Å². The minimum absolute atomic E-state index is 0.0123. The van der Waals surface area contributed by atoms with Crippen LogP contribution in [0, 0.1) is 0 Å². The monoisotopic (exact) mass is 390 g/mol. The molecule has 1 aromatic carbocycles. The van der Waals surface area contributed by atoms with E-state index in [0.717, 1.165) is 46.4 Å². The number of anilines is 2. The average Bonchev–Trinajstić information content (AvgIpc) is 3.05. The summed E-state index contributed by atoms with van der Waals surface area (Å²) in [4.78, 5) is 23.9. The van der Waals surface area contributed by atoms with Gasteiger partial charge in [-0.2, -0.15) is 0 Å². The Morgan fingerprint density at radius 3 is 2.90 bits per heavy atom. The molecule has 0 spiro atoms. The second-order valence-electron chi connectivity index (χ2n) is 8.24. The first-order chi connectivity index (χ1) is 13.8. The maximum atomic E-state index is 11.5. The lowest BCUT2D eigenvalue weighted by atomic mass is 9.88. The number of hydrogen-bond donors (Lipinski definition) is 4. The van der Waals surface area contributed by atoms with Crippen molar-refractivity contribution in [2.45, 2.75) is 45.2 Å². The van der Waals surface area contributed by atoms with Crippen LogP contribution < -0.4 is 16.0 Å². The molecule has 0 aliphatic carbocycles. The largest absolute Gasteiger partial charge is 0.384 e. The maximum absolute atomic E-state index is 11.5. The molecule has 1 amide bonds. The zero-order chi connectivity index (χ0) is 20.6. The SMILES string of the molecule is C=C1CC(Nc2nccc(-c3c[nH]c4c(NC(C)=O)cccc34)n2)CC(C)(C)N1. The first kappa shape index (κ1) is 19.0. The third-order valence-corrected chi connectivity index (χ3v) is 5.06. The summed E-state index contributed by atoms with van der Waals surface area (Å²) in [7, 11) is 0. The molecule has 150 valence electrons. The number of benzene rings is 1. The van der Waals surface area contributed by atoms with E-state index in [9.17, 15) is 4.79 Å². The van der Waals surface area contributed by atoms with Gasteiger partial charge in [0.05, 0.1) is 16.9 Å². The number of carbonyl (C=O) groups excluding carboxylic acids is 1. The first-order valence-electron chi connectivity index (χ1n) is 9.74. The Hall–Kier alpha value is -3.35. The molecule has 1 aliphatic heterocycles. The Balaban J connectivity index is 1.62. The van der Waals surface area contributed by atoms with E-state index in [-0.39, 0.29) is 17.5 Å². The lowest BCUT2D eigenvalue weighted by Gasteiger charge is -2.38. The Bertz CT molecular complexity index is 1080. The van der Waals surface area contributed by atoms with E-state index in [1.165, 1.54) is 6.92 Å². The van der Waals surface area contributed by atoms with Crippen molar-refractivity contribution in [1.29, 1.82) is 0 Å². The van der Waals surface area contributed by atoms with Gasteiger partial charge in [0.2, 0.25) is 11.9 Å². The quantitative estimate of drug-likeness (QED) is 0.539. The van der Waals surface area contributed by atoms with Gasteiger partial charge < -0.3 is 20.9 Å². The molecule has 2 aromatic heterocycles. The number of para-hydroxylation sites is 1. The minimum atomic E-state index is -0.103. The van der Waals surface area contributed by atoms with E-state index in [1.54, 1.807) is 6.20 Å². The summed E-state index contributed by atoms with van der Waals surface area (Å²) in [6.45, 7) is 9.94. The highest BCUT2D eigenvalue weighted by molar-refractivity contribution is 6.05. The van der Waals surface area contributed by atoms with Gasteiger partial charge in [0.15, 0.2) is 0 Å². The van der Waals surface area contributed by atoms with Crippen LogP contribution in [0.2, 0.25) is 0 Å². The summed E-state index contributed by atoms with van der Waals surface area (Å²) in [6, 6.07) is 7.94. The van der Waals surface area contributed by atoms with Gasteiger partial charge in [0.25, 0.3) is 0 Å². The molecular formula is C22H26N6O. The number of nitrogens with one attached hydrogen (secondary N) is 4. The number of rotatable bonds is 4.